The van der Waals surface area contributed by atoms with Gasteiger partial charge in [0.1, 0.15) is 11.3 Å². The maximum Gasteiger partial charge on any atom is 0.309 e. The molecule has 1 aromatic carbocycles. The van der Waals surface area contributed by atoms with Gasteiger partial charge < -0.3 is 14.7 Å². The molecule has 7 nitrogen and oxygen atoms in total. The van der Waals surface area contributed by atoms with Crippen molar-refractivity contribution in [3.63, 3.8) is 0 Å². The van der Waals surface area contributed by atoms with E-state index in [1.54, 1.807) is 30.6 Å². The van der Waals surface area contributed by atoms with E-state index >= 15 is 0 Å². The number of aromatic nitrogens is 4. The molecule has 4 aromatic heterocycles. The highest BCUT2D eigenvalue weighted by Crippen LogP contribution is 2.29. The van der Waals surface area contributed by atoms with Crippen LogP contribution in [0.4, 0.5) is 4.39 Å². The largest absolute Gasteiger partial charge is 0.425 e. The number of nitrogens with zero attached hydrogens (tertiary/aromatic N) is 5. The second-order valence-electron chi connectivity index (χ2n) is 8.46. The van der Waals surface area contributed by atoms with Gasteiger partial charge in [-0.3, -0.25) is 9.78 Å². The van der Waals surface area contributed by atoms with Crippen LogP contribution < -0.4 is 5.56 Å². The van der Waals surface area contributed by atoms with Crippen molar-refractivity contribution in [1.82, 2.24) is 24.2 Å². The summed E-state index contributed by atoms with van der Waals surface area (Å²) in [6.07, 6.45) is 7.70. The van der Waals surface area contributed by atoms with Crippen molar-refractivity contribution in [1.29, 1.82) is 0 Å². The summed E-state index contributed by atoms with van der Waals surface area (Å²) in [7, 11) is 2.05. The fraction of sp³-hybridized carbons (Fsp3) is 0.192. The van der Waals surface area contributed by atoms with Crippen LogP contribution in [0.25, 0.3) is 21.8 Å². The van der Waals surface area contributed by atoms with Crippen molar-refractivity contribution >= 4 is 21.8 Å². The Morgan fingerprint density at radius 2 is 1.91 bits per heavy atom. The van der Waals surface area contributed by atoms with E-state index in [0.29, 0.717) is 23.2 Å². The van der Waals surface area contributed by atoms with E-state index in [0.717, 1.165) is 40.7 Å². The lowest BCUT2D eigenvalue weighted by Gasteiger charge is -2.16. The maximum absolute atomic E-state index is 13.4. The smallest absolute Gasteiger partial charge is 0.309 e. The van der Waals surface area contributed by atoms with Gasteiger partial charge in [-0.05, 0) is 48.5 Å². The molecular weight excluding hydrogens is 433 g/mol. The molecule has 0 saturated carbocycles. The zero-order valence-corrected chi connectivity index (χ0v) is 18.7. The molecule has 5 aromatic rings. The van der Waals surface area contributed by atoms with Crippen molar-refractivity contribution in [3.8, 4) is 0 Å². The van der Waals surface area contributed by atoms with Crippen LogP contribution in [-0.4, -0.2) is 43.0 Å². The average Bonchev–Trinajstić information content (AvgIpc) is 3.19. The van der Waals surface area contributed by atoms with Crippen molar-refractivity contribution in [2.45, 2.75) is 19.5 Å². The highest BCUT2D eigenvalue weighted by atomic mass is 19.1. The molecule has 0 bridgehead atoms. The second kappa shape index (κ2) is 9.07. The normalized spacial score (nSPS) is 11.6. The molecule has 0 aliphatic rings. The van der Waals surface area contributed by atoms with Crippen LogP contribution in [-0.2, 0) is 19.5 Å². The van der Waals surface area contributed by atoms with E-state index < -0.39 is 5.56 Å². The summed E-state index contributed by atoms with van der Waals surface area (Å²) in [5.74, 6) is -0.274. The van der Waals surface area contributed by atoms with Gasteiger partial charge in [0.2, 0.25) is 0 Å². The highest BCUT2D eigenvalue weighted by molar-refractivity contribution is 6.06. The maximum atomic E-state index is 13.4. The summed E-state index contributed by atoms with van der Waals surface area (Å²) in [4.78, 5) is 23.5. The van der Waals surface area contributed by atoms with Gasteiger partial charge >= 0.3 is 5.56 Å². The predicted octanol–water partition coefficient (Wildman–Crippen LogP) is 3.85. The zero-order chi connectivity index (χ0) is 23.7. The Balaban J connectivity index is 1.54. The summed E-state index contributed by atoms with van der Waals surface area (Å²) in [5, 5.41) is 11.4. The molecule has 0 atom stereocenters. The number of hydrogen-bond acceptors (Lipinski definition) is 5. The summed E-state index contributed by atoms with van der Waals surface area (Å²) >= 11 is 0. The first-order chi connectivity index (χ1) is 16.5. The van der Waals surface area contributed by atoms with Gasteiger partial charge in [0, 0.05) is 61.1 Å². The van der Waals surface area contributed by atoms with Gasteiger partial charge in [0.05, 0.1) is 11.7 Å². The summed E-state index contributed by atoms with van der Waals surface area (Å²) in [6, 6.07) is 14.0. The molecule has 0 saturated heterocycles. The fourth-order valence-corrected chi connectivity index (χ4v) is 4.31. The topological polar surface area (TPSA) is 76.2 Å². The van der Waals surface area contributed by atoms with Gasteiger partial charge in [-0.2, -0.15) is 4.73 Å². The summed E-state index contributed by atoms with van der Waals surface area (Å²) in [6.45, 7) is 2.01. The van der Waals surface area contributed by atoms with Crippen LogP contribution in [0, 0.1) is 5.82 Å². The third kappa shape index (κ3) is 4.27. The number of likely N-dealkylation sites (N-methyl/N-ethyl adjacent to an activating group) is 1. The molecule has 0 spiro atoms. The molecule has 0 aliphatic heterocycles. The number of fused-ring (bicyclic) bond motifs is 3. The van der Waals surface area contributed by atoms with E-state index in [4.69, 9.17) is 0 Å². The molecule has 0 amide bonds. The lowest BCUT2D eigenvalue weighted by molar-refractivity contribution is 0.176. The second-order valence-corrected chi connectivity index (χ2v) is 8.46. The molecule has 0 aliphatic carbocycles. The fourth-order valence-electron chi connectivity index (χ4n) is 4.31. The van der Waals surface area contributed by atoms with Crippen LogP contribution >= 0.6 is 0 Å². The van der Waals surface area contributed by atoms with Gasteiger partial charge in [0.15, 0.2) is 0 Å². The van der Waals surface area contributed by atoms with E-state index in [1.807, 2.05) is 18.2 Å². The molecule has 172 valence electrons. The third-order valence-corrected chi connectivity index (χ3v) is 6.01. The van der Waals surface area contributed by atoms with Gasteiger partial charge in [-0.1, -0.05) is 18.2 Å². The molecule has 0 fully saturated rings. The minimum Gasteiger partial charge on any atom is -0.425 e. The van der Waals surface area contributed by atoms with Gasteiger partial charge in [-0.25, -0.2) is 9.37 Å². The van der Waals surface area contributed by atoms with Crippen molar-refractivity contribution < 1.29 is 9.60 Å². The molecule has 1 N–H and O–H groups in total. The zero-order valence-electron chi connectivity index (χ0n) is 18.7. The van der Waals surface area contributed by atoms with Gasteiger partial charge in [0.25, 0.3) is 0 Å². The number of pyridine rings is 3. The van der Waals surface area contributed by atoms with Crippen LogP contribution in [0.1, 0.15) is 16.8 Å². The van der Waals surface area contributed by atoms with Crippen molar-refractivity contribution in [2.24, 2.45) is 0 Å². The summed E-state index contributed by atoms with van der Waals surface area (Å²) in [5.41, 5.74) is 3.57. The number of benzene rings is 1. The predicted molar refractivity (Wildman–Crippen MR) is 128 cm³/mol. The molecule has 8 heteroatoms. The Labute approximate surface area is 195 Å². The Morgan fingerprint density at radius 1 is 1.09 bits per heavy atom. The van der Waals surface area contributed by atoms with Gasteiger partial charge in [-0.15, -0.1) is 0 Å². The molecule has 4 heterocycles. The Kier molecular flexibility index (Phi) is 5.81. The van der Waals surface area contributed by atoms with Crippen molar-refractivity contribution in [2.75, 3.05) is 13.6 Å². The lowest BCUT2D eigenvalue weighted by atomic mass is 10.1. The quantitative estimate of drug-likeness (QED) is 0.376. The molecule has 0 unspecified atom stereocenters. The lowest BCUT2D eigenvalue weighted by Crippen LogP contribution is -2.21. The minimum absolute atomic E-state index is 0.217. The first-order valence-electron chi connectivity index (χ1n) is 11.0. The molecule has 0 radical (unpaired) electrons. The first kappa shape index (κ1) is 21.8. The van der Waals surface area contributed by atoms with Crippen LogP contribution in [0.5, 0.6) is 0 Å². The Bertz CT molecular complexity index is 1510. The summed E-state index contributed by atoms with van der Waals surface area (Å²) < 4.78 is 16.0. The van der Waals surface area contributed by atoms with Crippen molar-refractivity contribution in [3.05, 3.63) is 106 Å². The van der Waals surface area contributed by atoms with Crippen LogP contribution in [0.15, 0.2) is 78.1 Å². The van der Waals surface area contributed by atoms with E-state index in [9.17, 15) is 14.4 Å². The first-order valence-corrected chi connectivity index (χ1v) is 11.0. The molecular formula is C26H24FN5O2. The van der Waals surface area contributed by atoms with E-state index in [1.165, 1.54) is 18.3 Å². The van der Waals surface area contributed by atoms with E-state index in [-0.39, 0.29) is 11.3 Å². The monoisotopic (exact) mass is 457 g/mol. The number of halogens is 1. The van der Waals surface area contributed by atoms with E-state index in [2.05, 4.69) is 32.7 Å². The SMILES string of the molecule is CN(CCc1ccccn1)Cc1cn(Cc2ccc(F)cc2)c2cnc3c(=O)n(O)ccc3c12. The van der Waals surface area contributed by atoms with Crippen LogP contribution in [0.3, 0.4) is 0 Å². The Hall–Kier alpha value is -4.04. The third-order valence-electron chi connectivity index (χ3n) is 6.01. The average molecular weight is 458 g/mol. The number of rotatable bonds is 7. The number of hydrogen-bond donors (Lipinski definition) is 1. The molecule has 34 heavy (non-hydrogen) atoms. The highest BCUT2D eigenvalue weighted by Gasteiger charge is 2.17. The van der Waals surface area contributed by atoms with Crippen LogP contribution in [0.2, 0.25) is 0 Å². The minimum atomic E-state index is -0.555. The standard InChI is InChI=1S/C26H24FN5O2/c1-30(12-9-21-4-2-3-11-28-21)16-19-17-31(15-18-5-7-20(27)8-6-18)23-14-29-25-22(24(19)23)10-13-32(34)26(25)33/h2-8,10-11,13-14,17,34H,9,12,15-16H2,1H3. The molecule has 5 rings (SSSR count). The Morgan fingerprint density at radius 3 is 2.68 bits per heavy atom.